The van der Waals surface area contributed by atoms with Crippen LogP contribution >= 0.6 is 0 Å². The van der Waals surface area contributed by atoms with Crippen molar-refractivity contribution in [3.63, 3.8) is 0 Å². The van der Waals surface area contributed by atoms with Gasteiger partial charge < -0.3 is 15.7 Å². The molecule has 7 nitrogen and oxygen atoms in total. The minimum absolute atomic E-state index is 0.0475. The summed E-state index contributed by atoms with van der Waals surface area (Å²) in [4.78, 5) is 11.9. The summed E-state index contributed by atoms with van der Waals surface area (Å²) in [5.74, 6) is -1.05. The first-order valence-corrected chi connectivity index (χ1v) is 6.52. The van der Waals surface area contributed by atoms with Crippen molar-refractivity contribution >= 4 is 27.4 Å². The number of aliphatic carboxylic acids is 1. The fraction of sp³-hybridized carbons (Fsp3) is 0.300. The van der Waals surface area contributed by atoms with Crippen LogP contribution in [0.5, 0.6) is 0 Å². The van der Waals surface area contributed by atoms with Gasteiger partial charge in [0.1, 0.15) is 11.4 Å². The molecule has 1 rings (SSSR count). The van der Waals surface area contributed by atoms with Gasteiger partial charge in [-0.25, -0.2) is 13.1 Å². The summed E-state index contributed by atoms with van der Waals surface area (Å²) in [5.41, 5.74) is 6.12. The van der Waals surface area contributed by atoms with Gasteiger partial charge in [-0.05, 0) is 25.2 Å². The topological polar surface area (TPSA) is 113 Å². The number of nitrogens with one attached hydrogen (secondary N) is 1. The molecule has 0 unspecified atom stereocenters. The number of likely N-dealkylation sites (N-methyl/N-ethyl adjacent to an activating group) is 1. The van der Waals surface area contributed by atoms with Gasteiger partial charge in [0.2, 0.25) is 10.0 Å². The fourth-order valence-corrected chi connectivity index (χ4v) is 2.47. The first-order chi connectivity index (χ1) is 8.27. The van der Waals surface area contributed by atoms with E-state index in [1.165, 1.54) is 37.2 Å². The monoisotopic (exact) mass is 273 g/mol. The van der Waals surface area contributed by atoms with Crippen molar-refractivity contribution < 1.29 is 18.3 Å². The number of nitrogen functional groups attached to an aromatic ring is 1. The molecule has 0 aliphatic carbocycles. The molecule has 0 saturated carbocycles. The predicted octanol–water partition coefficient (Wildman–Crippen LogP) is -0.302. The second-order valence-electron chi connectivity index (χ2n) is 3.68. The molecule has 4 N–H and O–H groups in total. The van der Waals surface area contributed by atoms with Gasteiger partial charge in [0, 0.05) is 12.7 Å². The third-order valence-corrected chi connectivity index (χ3v) is 3.77. The molecule has 0 saturated heterocycles. The summed E-state index contributed by atoms with van der Waals surface area (Å²) in [6.45, 7) is -0.309. The minimum Gasteiger partial charge on any atom is -0.480 e. The molecule has 0 radical (unpaired) electrons. The standard InChI is InChI=1S/C10H15N3O4S/c1-12-18(16,17)9-5-7(11)3-4-8(9)13(2)6-10(14)15/h3-5,12H,6,11H2,1-2H3,(H,14,15). The Morgan fingerprint density at radius 3 is 2.61 bits per heavy atom. The highest BCUT2D eigenvalue weighted by Gasteiger charge is 2.20. The number of hydrogen-bond donors (Lipinski definition) is 3. The number of anilines is 2. The van der Waals surface area contributed by atoms with Crippen LogP contribution in [0.2, 0.25) is 0 Å². The first kappa shape index (κ1) is 14.3. The number of nitrogens with two attached hydrogens (primary N) is 1. The second kappa shape index (κ2) is 5.23. The van der Waals surface area contributed by atoms with Crippen LogP contribution in [0.25, 0.3) is 0 Å². The quantitative estimate of drug-likeness (QED) is 0.635. The molecule has 100 valence electrons. The van der Waals surface area contributed by atoms with E-state index in [0.717, 1.165) is 0 Å². The summed E-state index contributed by atoms with van der Waals surface area (Å²) < 4.78 is 25.8. The molecule has 0 atom stereocenters. The van der Waals surface area contributed by atoms with Crippen molar-refractivity contribution in [3.05, 3.63) is 18.2 Å². The highest BCUT2D eigenvalue weighted by atomic mass is 32.2. The van der Waals surface area contributed by atoms with E-state index >= 15 is 0 Å². The van der Waals surface area contributed by atoms with Crippen LogP contribution in [0.1, 0.15) is 0 Å². The Hall–Kier alpha value is -1.80. The molecule has 0 fully saturated rings. The predicted molar refractivity (Wildman–Crippen MR) is 68.0 cm³/mol. The zero-order valence-electron chi connectivity index (χ0n) is 10.0. The maximum absolute atomic E-state index is 11.8. The third-order valence-electron chi connectivity index (χ3n) is 2.33. The summed E-state index contributed by atoms with van der Waals surface area (Å²) in [6.07, 6.45) is 0. The lowest BCUT2D eigenvalue weighted by molar-refractivity contribution is -0.135. The number of rotatable bonds is 5. The van der Waals surface area contributed by atoms with Crippen molar-refractivity contribution in [2.75, 3.05) is 31.3 Å². The molecular formula is C10H15N3O4S. The van der Waals surface area contributed by atoms with Crippen LogP contribution in [-0.2, 0) is 14.8 Å². The Morgan fingerprint density at radius 1 is 1.50 bits per heavy atom. The molecular weight excluding hydrogens is 258 g/mol. The third kappa shape index (κ3) is 3.11. The first-order valence-electron chi connectivity index (χ1n) is 5.04. The largest absolute Gasteiger partial charge is 0.480 e. The Morgan fingerprint density at radius 2 is 2.11 bits per heavy atom. The molecule has 0 aliphatic heterocycles. The molecule has 1 aromatic rings. The Bertz CT molecular complexity index is 556. The van der Waals surface area contributed by atoms with Crippen molar-refractivity contribution in [2.24, 2.45) is 0 Å². The SMILES string of the molecule is CNS(=O)(=O)c1cc(N)ccc1N(C)CC(=O)O. The van der Waals surface area contributed by atoms with Gasteiger partial charge in [-0.3, -0.25) is 4.79 Å². The molecule has 0 heterocycles. The number of carbonyl (C=O) groups is 1. The highest BCUT2D eigenvalue weighted by Crippen LogP contribution is 2.26. The second-order valence-corrected chi connectivity index (χ2v) is 5.54. The van der Waals surface area contributed by atoms with Gasteiger partial charge >= 0.3 is 5.97 Å². The van der Waals surface area contributed by atoms with Gasteiger partial charge in [-0.15, -0.1) is 0 Å². The maximum atomic E-state index is 11.8. The van der Waals surface area contributed by atoms with Crippen LogP contribution in [0.4, 0.5) is 11.4 Å². The van der Waals surface area contributed by atoms with Crippen LogP contribution in [0.3, 0.4) is 0 Å². The molecule has 0 bridgehead atoms. The van der Waals surface area contributed by atoms with Crippen molar-refractivity contribution in [3.8, 4) is 0 Å². The molecule has 1 aromatic carbocycles. The van der Waals surface area contributed by atoms with E-state index in [9.17, 15) is 13.2 Å². The van der Waals surface area contributed by atoms with E-state index in [4.69, 9.17) is 10.8 Å². The number of carboxylic acids is 1. The van der Waals surface area contributed by atoms with Crippen molar-refractivity contribution in [1.82, 2.24) is 4.72 Å². The fourth-order valence-electron chi connectivity index (χ4n) is 1.46. The summed E-state index contributed by atoms with van der Waals surface area (Å²) >= 11 is 0. The summed E-state index contributed by atoms with van der Waals surface area (Å²) in [6, 6.07) is 4.28. The zero-order valence-corrected chi connectivity index (χ0v) is 10.9. The number of hydrogen-bond acceptors (Lipinski definition) is 5. The highest BCUT2D eigenvalue weighted by molar-refractivity contribution is 7.89. The van der Waals surface area contributed by atoms with Gasteiger partial charge in [0.05, 0.1) is 5.69 Å². The average molecular weight is 273 g/mol. The van der Waals surface area contributed by atoms with Crippen molar-refractivity contribution in [1.29, 1.82) is 0 Å². The lowest BCUT2D eigenvalue weighted by Gasteiger charge is -2.20. The normalized spacial score (nSPS) is 11.2. The lowest BCUT2D eigenvalue weighted by Crippen LogP contribution is -2.28. The van der Waals surface area contributed by atoms with Gasteiger partial charge in [-0.1, -0.05) is 0 Å². The van der Waals surface area contributed by atoms with E-state index in [1.54, 1.807) is 0 Å². The molecule has 0 amide bonds. The number of benzene rings is 1. The van der Waals surface area contributed by atoms with E-state index in [0.29, 0.717) is 0 Å². The van der Waals surface area contributed by atoms with E-state index < -0.39 is 16.0 Å². The lowest BCUT2D eigenvalue weighted by atomic mass is 10.2. The number of nitrogens with zero attached hydrogens (tertiary/aromatic N) is 1. The smallest absolute Gasteiger partial charge is 0.323 e. The summed E-state index contributed by atoms with van der Waals surface area (Å²) in [7, 11) is -0.925. The maximum Gasteiger partial charge on any atom is 0.323 e. The van der Waals surface area contributed by atoms with E-state index in [-0.39, 0.29) is 22.8 Å². The zero-order chi connectivity index (χ0) is 13.9. The number of sulfonamides is 1. The number of carboxylic acid groups (broad SMARTS) is 1. The van der Waals surface area contributed by atoms with E-state index in [2.05, 4.69) is 4.72 Å². The van der Waals surface area contributed by atoms with Crippen molar-refractivity contribution in [2.45, 2.75) is 4.90 Å². The van der Waals surface area contributed by atoms with E-state index in [1.807, 2.05) is 0 Å². The van der Waals surface area contributed by atoms with Gasteiger partial charge in [-0.2, -0.15) is 0 Å². The van der Waals surface area contributed by atoms with Crippen LogP contribution in [0, 0.1) is 0 Å². The van der Waals surface area contributed by atoms with Gasteiger partial charge in [0.15, 0.2) is 0 Å². The van der Waals surface area contributed by atoms with Crippen LogP contribution in [0.15, 0.2) is 23.1 Å². The molecule has 18 heavy (non-hydrogen) atoms. The molecule has 0 spiro atoms. The molecule has 0 aromatic heterocycles. The van der Waals surface area contributed by atoms with Crippen LogP contribution < -0.4 is 15.4 Å². The Balaban J connectivity index is 3.32. The molecule has 0 aliphatic rings. The van der Waals surface area contributed by atoms with Gasteiger partial charge in [0.25, 0.3) is 0 Å². The Labute approximate surface area is 105 Å². The minimum atomic E-state index is -3.70. The van der Waals surface area contributed by atoms with Crippen LogP contribution in [-0.4, -0.2) is 40.1 Å². The average Bonchev–Trinajstić information content (AvgIpc) is 2.27. The Kier molecular flexibility index (Phi) is 4.15. The summed E-state index contributed by atoms with van der Waals surface area (Å²) in [5, 5.41) is 8.72. The molecule has 8 heteroatoms.